The standard InChI is InChI=1S/C23H20FN3O2/c1-3-19(28)27-10-12-8-18(27)13-5-4-6-14(20(12)13)21-15-7-11(2)26-22(15)16(23(25)29)9-17(21)24/h3-7,9,12,18,26H,1,8,10H2,2H3,(H2,25,29). The van der Waals surface area contributed by atoms with E-state index in [4.69, 9.17) is 5.73 Å². The minimum Gasteiger partial charge on any atom is -0.366 e. The van der Waals surface area contributed by atoms with Crippen molar-refractivity contribution in [3.05, 3.63) is 71.2 Å². The molecule has 1 aliphatic carbocycles. The van der Waals surface area contributed by atoms with Gasteiger partial charge in [-0.2, -0.15) is 0 Å². The Bertz CT molecular complexity index is 1230. The lowest BCUT2D eigenvalue weighted by atomic mass is 9.87. The molecule has 0 radical (unpaired) electrons. The van der Waals surface area contributed by atoms with E-state index in [0.717, 1.165) is 28.8 Å². The molecule has 2 unspecified atom stereocenters. The van der Waals surface area contributed by atoms with E-state index in [2.05, 4.69) is 11.6 Å². The molecule has 1 fully saturated rings. The summed E-state index contributed by atoms with van der Waals surface area (Å²) in [7, 11) is 0. The number of primary amides is 1. The fourth-order valence-electron chi connectivity index (χ4n) is 5.11. The predicted octanol–water partition coefficient (Wildman–Crippen LogP) is 3.94. The molecule has 5 nitrogen and oxygen atoms in total. The number of benzene rings is 2. The number of fused-ring (bicyclic) bond motifs is 6. The monoisotopic (exact) mass is 389 g/mol. The molecule has 2 amide bonds. The van der Waals surface area contributed by atoms with Crippen LogP contribution in [0.3, 0.4) is 0 Å². The Morgan fingerprint density at radius 1 is 1.34 bits per heavy atom. The van der Waals surface area contributed by atoms with Gasteiger partial charge in [-0.15, -0.1) is 0 Å². The van der Waals surface area contributed by atoms with Crippen LogP contribution in [0.5, 0.6) is 0 Å². The van der Waals surface area contributed by atoms with Crippen molar-refractivity contribution in [2.75, 3.05) is 6.54 Å². The maximum atomic E-state index is 15.3. The van der Waals surface area contributed by atoms with Gasteiger partial charge in [-0.25, -0.2) is 4.39 Å². The molecule has 0 spiro atoms. The number of aromatic amines is 1. The van der Waals surface area contributed by atoms with Gasteiger partial charge in [0.1, 0.15) is 5.82 Å². The zero-order valence-corrected chi connectivity index (χ0v) is 16.0. The number of carbonyl (C=O) groups excluding carboxylic acids is 2. The zero-order chi connectivity index (χ0) is 20.4. The summed E-state index contributed by atoms with van der Waals surface area (Å²) < 4.78 is 15.3. The minimum absolute atomic E-state index is 0.00291. The average Bonchev–Trinajstić information content (AvgIpc) is 3.39. The van der Waals surface area contributed by atoms with Crippen molar-refractivity contribution >= 4 is 22.7 Å². The summed E-state index contributed by atoms with van der Waals surface area (Å²) in [6.07, 6.45) is 2.18. The molecule has 1 aliphatic heterocycles. The number of aromatic nitrogens is 1. The minimum atomic E-state index is -0.668. The van der Waals surface area contributed by atoms with Crippen molar-refractivity contribution in [1.29, 1.82) is 0 Å². The number of amides is 2. The van der Waals surface area contributed by atoms with E-state index in [-0.39, 0.29) is 23.4 Å². The van der Waals surface area contributed by atoms with Crippen LogP contribution < -0.4 is 5.73 Å². The number of hydrogen-bond donors (Lipinski definition) is 2. The SMILES string of the molecule is C=CC(=O)N1CC2CC1c1cccc(-c3c(F)cc(C(N)=O)c4[nH]c(C)cc34)c12. The predicted molar refractivity (Wildman–Crippen MR) is 109 cm³/mol. The first kappa shape index (κ1) is 17.7. The van der Waals surface area contributed by atoms with Gasteiger partial charge >= 0.3 is 0 Å². The van der Waals surface area contributed by atoms with Gasteiger partial charge in [-0.05, 0) is 48.2 Å². The molecule has 3 aromatic rings. The molecule has 1 aromatic heterocycles. The molecule has 2 aromatic carbocycles. The first-order valence-corrected chi connectivity index (χ1v) is 9.58. The highest BCUT2D eigenvalue weighted by Crippen LogP contribution is 2.54. The molecule has 3 N–H and O–H groups in total. The van der Waals surface area contributed by atoms with Crippen LogP contribution in [-0.4, -0.2) is 28.2 Å². The normalized spacial score (nSPS) is 19.6. The van der Waals surface area contributed by atoms with Crippen LogP contribution in [0.4, 0.5) is 4.39 Å². The van der Waals surface area contributed by atoms with Gasteiger partial charge in [0, 0.05) is 29.1 Å². The van der Waals surface area contributed by atoms with Gasteiger partial charge in [-0.1, -0.05) is 24.8 Å². The van der Waals surface area contributed by atoms with Crippen molar-refractivity contribution in [2.24, 2.45) is 5.73 Å². The van der Waals surface area contributed by atoms with Gasteiger partial charge in [0.15, 0.2) is 0 Å². The van der Waals surface area contributed by atoms with Crippen LogP contribution in [0.25, 0.3) is 22.0 Å². The van der Waals surface area contributed by atoms with E-state index in [1.165, 1.54) is 12.1 Å². The molecule has 2 bridgehead atoms. The second-order valence-corrected chi connectivity index (χ2v) is 7.84. The Kier molecular flexibility index (Phi) is 3.68. The van der Waals surface area contributed by atoms with Crippen molar-refractivity contribution in [3.8, 4) is 11.1 Å². The second kappa shape index (κ2) is 6.04. The van der Waals surface area contributed by atoms with Gasteiger partial charge in [0.25, 0.3) is 5.91 Å². The number of hydrogen-bond acceptors (Lipinski definition) is 2. The third-order valence-corrected chi connectivity index (χ3v) is 6.20. The molecular weight excluding hydrogens is 369 g/mol. The number of nitrogens with two attached hydrogens (primary N) is 1. The van der Waals surface area contributed by atoms with Crippen molar-refractivity contribution in [2.45, 2.75) is 25.3 Å². The summed E-state index contributed by atoms with van der Waals surface area (Å²) >= 11 is 0. The second-order valence-electron chi connectivity index (χ2n) is 7.84. The Hall–Kier alpha value is -3.41. The highest BCUT2D eigenvalue weighted by molar-refractivity contribution is 6.10. The fourth-order valence-corrected chi connectivity index (χ4v) is 5.11. The number of rotatable bonds is 3. The first-order valence-electron chi connectivity index (χ1n) is 9.58. The smallest absolute Gasteiger partial charge is 0.250 e. The van der Waals surface area contributed by atoms with E-state index in [1.807, 2.05) is 36.1 Å². The van der Waals surface area contributed by atoms with Crippen LogP contribution in [0, 0.1) is 12.7 Å². The van der Waals surface area contributed by atoms with Crippen LogP contribution in [0.1, 0.15) is 45.6 Å². The summed E-state index contributed by atoms with van der Waals surface area (Å²) in [4.78, 5) is 29.0. The molecule has 1 saturated heterocycles. The largest absolute Gasteiger partial charge is 0.366 e. The molecular formula is C23H20FN3O2. The lowest BCUT2D eigenvalue weighted by molar-refractivity contribution is -0.127. The summed E-state index contributed by atoms with van der Waals surface area (Å²) in [5, 5.41) is 0.645. The number of carbonyl (C=O) groups is 2. The molecule has 0 saturated carbocycles. The van der Waals surface area contributed by atoms with Gasteiger partial charge in [0.2, 0.25) is 5.91 Å². The Labute approximate surface area is 167 Å². The molecule has 2 heterocycles. The molecule has 2 aliphatic rings. The molecule has 5 rings (SSSR count). The number of likely N-dealkylation sites (tertiary alicyclic amines) is 1. The van der Waals surface area contributed by atoms with E-state index in [9.17, 15) is 9.59 Å². The topological polar surface area (TPSA) is 79.2 Å². The maximum absolute atomic E-state index is 15.3. The molecule has 2 atom stereocenters. The van der Waals surface area contributed by atoms with Crippen LogP contribution in [0.15, 0.2) is 43.0 Å². The quantitative estimate of drug-likeness (QED) is 0.666. The van der Waals surface area contributed by atoms with Crippen LogP contribution in [-0.2, 0) is 4.79 Å². The third kappa shape index (κ3) is 2.38. The first-order chi connectivity index (χ1) is 13.9. The fraction of sp³-hybridized carbons (Fsp3) is 0.217. The summed E-state index contributed by atoms with van der Waals surface area (Å²) in [5.74, 6) is -1.06. The molecule has 146 valence electrons. The van der Waals surface area contributed by atoms with E-state index >= 15 is 4.39 Å². The molecule has 29 heavy (non-hydrogen) atoms. The number of halogens is 1. The number of nitrogens with zero attached hydrogens (tertiary/aromatic N) is 1. The number of aryl methyl sites for hydroxylation is 1. The lowest BCUT2D eigenvalue weighted by Crippen LogP contribution is -2.32. The zero-order valence-electron chi connectivity index (χ0n) is 16.0. The summed E-state index contributed by atoms with van der Waals surface area (Å²) in [5.41, 5.74) is 10.4. The van der Waals surface area contributed by atoms with Crippen LogP contribution >= 0.6 is 0 Å². The number of H-pyrrole nitrogens is 1. The van der Waals surface area contributed by atoms with E-state index < -0.39 is 11.7 Å². The average molecular weight is 389 g/mol. The molecule has 6 heteroatoms. The maximum Gasteiger partial charge on any atom is 0.250 e. The van der Waals surface area contributed by atoms with Crippen LogP contribution in [0.2, 0.25) is 0 Å². The van der Waals surface area contributed by atoms with Crippen molar-refractivity contribution in [3.63, 3.8) is 0 Å². The lowest BCUT2D eigenvalue weighted by Gasteiger charge is -2.29. The van der Waals surface area contributed by atoms with Gasteiger partial charge in [0.05, 0.1) is 17.1 Å². The van der Waals surface area contributed by atoms with Gasteiger partial charge in [-0.3, -0.25) is 9.59 Å². The van der Waals surface area contributed by atoms with E-state index in [1.54, 1.807) is 0 Å². The highest BCUT2D eigenvalue weighted by Gasteiger charge is 2.45. The Morgan fingerprint density at radius 3 is 2.86 bits per heavy atom. The summed E-state index contributed by atoms with van der Waals surface area (Å²) in [6.45, 7) is 6.07. The van der Waals surface area contributed by atoms with Gasteiger partial charge < -0.3 is 15.6 Å². The van der Waals surface area contributed by atoms with Crippen molar-refractivity contribution < 1.29 is 14.0 Å². The van der Waals surface area contributed by atoms with Crippen molar-refractivity contribution in [1.82, 2.24) is 9.88 Å². The number of nitrogens with one attached hydrogen (secondary N) is 1. The third-order valence-electron chi connectivity index (χ3n) is 6.20. The Balaban J connectivity index is 1.75. The highest BCUT2D eigenvalue weighted by atomic mass is 19.1. The summed E-state index contributed by atoms with van der Waals surface area (Å²) in [6, 6.07) is 8.90. The van der Waals surface area contributed by atoms with E-state index in [0.29, 0.717) is 23.0 Å². The Morgan fingerprint density at radius 2 is 2.14 bits per heavy atom.